The Balaban J connectivity index is 2.38. The Morgan fingerprint density at radius 3 is 2.50 bits per heavy atom. The monoisotopic (exact) mass is 298 g/mol. The van der Waals surface area contributed by atoms with Crippen LogP contribution in [0, 0.1) is 0 Å². The highest BCUT2D eigenvalue weighted by Crippen LogP contribution is 2.09. The first-order valence-corrected chi connectivity index (χ1v) is 6.78. The molecule has 0 saturated carbocycles. The molecule has 1 atom stereocenters. The molecule has 110 valence electrons. The molecule has 0 fully saturated rings. The molecule has 1 aromatic rings. The number of amides is 2. The fourth-order valence-electron chi connectivity index (χ4n) is 1.60. The van der Waals surface area contributed by atoms with Gasteiger partial charge in [-0.1, -0.05) is 30.7 Å². The van der Waals surface area contributed by atoms with Gasteiger partial charge < -0.3 is 15.4 Å². The zero-order valence-corrected chi connectivity index (χ0v) is 12.4. The van der Waals surface area contributed by atoms with Gasteiger partial charge in [-0.05, 0) is 24.1 Å². The van der Waals surface area contributed by atoms with E-state index in [2.05, 4.69) is 15.4 Å². The average Bonchev–Trinajstić information content (AvgIpc) is 2.45. The number of ether oxygens (including phenoxy) is 1. The number of hydrogen-bond donors (Lipinski definition) is 2. The van der Waals surface area contributed by atoms with Crippen molar-refractivity contribution in [2.24, 2.45) is 0 Å². The average molecular weight is 299 g/mol. The van der Waals surface area contributed by atoms with Gasteiger partial charge in [0.25, 0.3) is 0 Å². The summed E-state index contributed by atoms with van der Waals surface area (Å²) in [7, 11) is 1.33. The second-order valence-corrected chi connectivity index (χ2v) is 4.78. The number of rotatable bonds is 6. The third-order valence-electron chi connectivity index (χ3n) is 2.84. The van der Waals surface area contributed by atoms with Gasteiger partial charge in [0.15, 0.2) is 0 Å². The molecule has 0 aromatic heterocycles. The topological polar surface area (TPSA) is 67.4 Å². The molecule has 0 aliphatic carbocycles. The van der Waals surface area contributed by atoms with Crippen molar-refractivity contribution in [1.29, 1.82) is 0 Å². The SMILES string of the molecule is CCC(CC(=O)OC)NC(=O)NCc1ccc(Cl)cc1. The molecule has 1 aromatic carbocycles. The lowest BCUT2D eigenvalue weighted by Gasteiger charge is -2.16. The van der Waals surface area contributed by atoms with Crippen molar-refractivity contribution in [1.82, 2.24) is 10.6 Å². The van der Waals surface area contributed by atoms with Crippen LogP contribution in [-0.4, -0.2) is 25.2 Å². The highest BCUT2D eigenvalue weighted by Gasteiger charge is 2.14. The second-order valence-electron chi connectivity index (χ2n) is 4.34. The van der Waals surface area contributed by atoms with E-state index in [0.29, 0.717) is 18.0 Å². The highest BCUT2D eigenvalue weighted by atomic mass is 35.5. The maximum Gasteiger partial charge on any atom is 0.315 e. The number of methoxy groups -OCH3 is 1. The zero-order valence-electron chi connectivity index (χ0n) is 11.6. The van der Waals surface area contributed by atoms with Crippen LogP contribution in [0.25, 0.3) is 0 Å². The van der Waals surface area contributed by atoms with Crippen LogP contribution in [-0.2, 0) is 16.1 Å². The van der Waals surface area contributed by atoms with Gasteiger partial charge in [-0.2, -0.15) is 0 Å². The fourth-order valence-corrected chi connectivity index (χ4v) is 1.73. The predicted molar refractivity (Wildman–Crippen MR) is 77.5 cm³/mol. The van der Waals surface area contributed by atoms with Crippen LogP contribution >= 0.6 is 11.6 Å². The van der Waals surface area contributed by atoms with E-state index in [1.54, 1.807) is 12.1 Å². The minimum atomic E-state index is -0.338. The van der Waals surface area contributed by atoms with Crippen LogP contribution in [0.1, 0.15) is 25.3 Å². The molecule has 0 aliphatic rings. The number of nitrogens with one attached hydrogen (secondary N) is 2. The zero-order chi connectivity index (χ0) is 15.0. The van der Waals surface area contributed by atoms with E-state index >= 15 is 0 Å². The Morgan fingerprint density at radius 1 is 1.30 bits per heavy atom. The Kier molecular flexibility index (Phi) is 6.87. The van der Waals surface area contributed by atoms with Crippen LogP contribution < -0.4 is 10.6 Å². The summed E-state index contributed by atoms with van der Waals surface area (Å²) in [5.41, 5.74) is 0.950. The van der Waals surface area contributed by atoms with E-state index in [9.17, 15) is 9.59 Å². The lowest BCUT2D eigenvalue weighted by molar-refractivity contribution is -0.141. The molecule has 1 unspecified atom stereocenters. The van der Waals surface area contributed by atoms with Gasteiger partial charge in [0.05, 0.1) is 13.5 Å². The van der Waals surface area contributed by atoms with Crippen LogP contribution in [0.3, 0.4) is 0 Å². The van der Waals surface area contributed by atoms with E-state index in [4.69, 9.17) is 11.6 Å². The lowest BCUT2D eigenvalue weighted by atomic mass is 10.1. The van der Waals surface area contributed by atoms with Crippen molar-refractivity contribution in [2.75, 3.05) is 7.11 Å². The third kappa shape index (κ3) is 5.93. The largest absolute Gasteiger partial charge is 0.469 e. The summed E-state index contributed by atoms with van der Waals surface area (Å²) in [6.07, 6.45) is 0.824. The summed E-state index contributed by atoms with van der Waals surface area (Å²) < 4.78 is 4.58. The van der Waals surface area contributed by atoms with Crippen LogP contribution in [0.15, 0.2) is 24.3 Å². The minimum Gasteiger partial charge on any atom is -0.469 e. The molecule has 1 rings (SSSR count). The molecule has 2 amide bonds. The van der Waals surface area contributed by atoms with Crippen molar-refractivity contribution in [3.8, 4) is 0 Å². The van der Waals surface area contributed by atoms with Gasteiger partial charge in [-0.3, -0.25) is 4.79 Å². The maximum atomic E-state index is 11.7. The number of hydrogen-bond acceptors (Lipinski definition) is 3. The van der Waals surface area contributed by atoms with Crippen molar-refractivity contribution >= 4 is 23.6 Å². The first-order chi connectivity index (χ1) is 9.55. The van der Waals surface area contributed by atoms with Gasteiger partial charge in [0.1, 0.15) is 0 Å². The van der Waals surface area contributed by atoms with E-state index in [-0.39, 0.29) is 24.5 Å². The van der Waals surface area contributed by atoms with Crippen molar-refractivity contribution in [3.63, 3.8) is 0 Å². The van der Waals surface area contributed by atoms with Gasteiger partial charge in [-0.25, -0.2) is 4.79 Å². The molecule has 5 nitrogen and oxygen atoms in total. The van der Waals surface area contributed by atoms with E-state index in [1.165, 1.54) is 7.11 Å². The van der Waals surface area contributed by atoms with E-state index in [0.717, 1.165) is 5.56 Å². The molecule has 0 saturated heterocycles. The van der Waals surface area contributed by atoms with E-state index < -0.39 is 0 Å². The Morgan fingerprint density at radius 2 is 1.95 bits per heavy atom. The number of carbonyl (C=O) groups excluding carboxylic acids is 2. The van der Waals surface area contributed by atoms with Crippen LogP contribution in [0.4, 0.5) is 4.79 Å². The summed E-state index contributed by atoms with van der Waals surface area (Å²) in [6, 6.07) is 6.68. The molecule has 6 heteroatoms. The maximum absolute atomic E-state index is 11.7. The van der Waals surface area contributed by atoms with Gasteiger partial charge >= 0.3 is 12.0 Å². The van der Waals surface area contributed by atoms with Gasteiger partial charge in [-0.15, -0.1) is 0 Å². The number of halogens is 1. The highest BCUT2D eigenvalue weighted by molar-refractivity contribution is 6.30. The summed E-state index contributed by atoms with van der Waals surface area (Å²) >= 11 is 5.78. The van der Waals surface area contributed by atoms with Crippen molar-refractivity contribution < 1.29 is 14.3 Å². The molecular formula is C14H19ClN2O3. The smallest absolute Gasteiger partial charge is 0.315 e. The van der Waals surface area contributed by atoms with Crippen molar-refractivity contribution in [2.45, 2.75) is 32.4 Å². The molecule has 0 spiro atoms. The molecule has 0 aliphatic heterocycles. The predicted octanol–water partition coefficient (Wildman–Crippen LogP) is 2.48. The summed E-state index contributed by atoms with van der Waals surface area (Å²) in [5.74, 6) is -0.338. The van der Waals surface area contributed by atoms with Gasteiger partial charge in [0.2, 0.25) is 0 Å². The summed E-state index contributed by atoms with van der Waals surface area (Å²) in [4.78, 5) is 22.9. The first-order valence-electron chi connectivity index (χ1n) is 6.40. The molecule has 0 heterocycles. The van der Waals surface area contributed by atoms with Gasteiger partial charge in [0, 0.05) is 17.6 Å². The summed E-state index contributed by atoms with van der Waals surface area (Å²) in [5, 5.41) is 6.12. The first kappa shape index (κ1) is 16.3. The Hall–Kier alpha value is -1.75. The Bertz CT molecular complexity index is 448. The quantitative estimate of drug-likeness (QED) is 0.793. The minimum absolute atomic E-state index is 0.168. The molecular weight excluding hydrogens is 280 g/mol. The second kappa shape index (κ2) is 8.43. The number of urea groups is 1. The van der Waals surface area contributed by atoms with E-state index in [1.807, 2.05) is 19.1 Å². The summed E-state index contributed by atoms with van der Waals surface area (Å²) in [6.45, 7) is 2.30. The number of benzene rings is 1. The molecule has 0 bridgehead atoms. The standard InChI is InChI=1S/C14H19ClN2O3/c1-3-12(8-13(18)20-2)17-14(19)16-9-10-4-6-11(15)7-5-10/h4-7,12H,3,8-9H2,1-2H3,(H2,16,17,19). The number of carbonyl (C=O) groups is 2. The number of esters is 1. The lowest BCUT2D eigenvalue weighted by Crippen LogP contribution is -2.42. The van der Waals surface area contributed by atoms with Crippen LogP contribution in [0.2, 0.25) is 5.02 Å². The van der Waals surface area contributed by atoms with Crippen LogP contribution in [0.5, 0.6) is 0 Å². The molecule has 20 heavy (non-hydrogen) atoms. The Labute approximate surface area is 123 Å². The molecule has 2 N–H and O–H groups in total. The normalized spacial score (nSPS) is 11.6. The van der Waals surface area contributed by atoms with Crippen molar-refractivity contribution in [3.05, 3.63) is 34.9 Å². The third-order valence-corrected chi connectivity index (χ3v) is 3.09. The fraction of sp³-hybridized carbons (Fsp3) is 0.429. The molecule has 0 radical (unpaired) electrons.